The molecular weight excluding hydrogens is 312 g/mol. The van der Waals surface area contributed by atoms with Crippen LogP contribution in [0.3, 0.4) is 0 Å². The predicted molar refractivity (Wildman–Crippen MR) is 92.9 cm³/mol. The Labute approximate surface area is 139 Å². The number of nitrogens with one attached hydrogen (secondary N) is 3. The first-order valence-electron chi connectivity index (χ1n) is 7.37. The fraction of sp³-hybridized carbons (Fsp3) is 0.312. The number of hydrogen-bond donors (Lipinski definition) is 3. The van der Waals surface area contributed by atoms with Gasteiger partial charge in [-0.3, -0.25) is 9.59 Å². The van der Waals surface area contributed by atoms with Gasteiger partial charge in [-0.1, -0.05) is 30.4 Å². The third-order valence-electron chi connectivity index (χ3n) is 3.31. The molecule has 0 fully saturated rings. The van der Waals surface area contributed by atoms with Crippen LogP contribution in [-0.2, 0) is 4.79 Å². The van der Waals surface area contributed by atoms with E-state index in [9.17, 15) is 9.59 Å². The number of benzene rings is 1. The number of carbonyl (C=O) groups excluding carboxylic acids is 2. The highest BCUT2D eigenvalue weighted by Gasteiger charge is 2.14. The van der Waals surface area contributed by atoms with Crippen molar-refractivity contribution in [2.24, 2.45) is 0 Å². The van der Waals surface area contributed by atoms with Gasteiger partial charge in [-0.15, -0.1) is 0 Å². The quantitative estimate of drug-likeness (QED) is 0.759. The number of thiazole rings is 1. The molecule has 0 radical (unpaired) electrons. The SMILES string of the molecule is CCC(=O)Nc1ccc([C@H](C)NC(=O)c2cnc(NC)s2)cc1. The zero-order valence-corrected chi connectivity index (χ0v) is 14.2. The first-order valence-corrected chi connectivity index (χ1v) is 8.19. The molecule has 1 atom stereocenters. The number of amides is 2. The molecule has 6 nitrogen and oxygen atoms in total. The van der Waals surface area contributed by atoms with Crippen LogP contribution < -0.4 is 16.0 Å². The third-order valence-corrected chi connectivity index (χ3v) is 4.32. The molecule has 0 saturated carbocycles. The third kappa shape index (κ3) is 4.53. The maximum Gasteiger partial charge on any atom is 0.263 e. The van der Waals surface area contributed by atoms with Gasteiger partial charge in [0.1, 0.15) is 4.88 Å². The van der Waals surface area contributed by atoms with E-state index in [0.29, 0.717) is 16.4 Å². The topological polar surface area (TPSA) is 83.1 Å². The van der Waals surface area contributed by atoms with Crippen molar-refractivity contribution < 1.29 is 9.59 Å². The summed E-state index contributed by atoms with van der Waals surface area (Å²) < 4.78 is 0. The summed E-state index contributed by atoms with van der Waals surface area (Å²) in [6.45, 7) is 3.72. The number of hydrogen-bond acceptors (Lipinski definition) is 5. The molecular formula is C16H20N4O2S. The molecule has 0 aliphatic carbocycles. The minimum absolute atomic E-state index is 0.0235. The van der Waals surface area contributed by atoms with Crippen molar-refractivity contribution in [3.8, 4) is 0 Å². The van der Waals surface area contributed by atoms with Crippen LogP contribution in [0.25, 0.3) is 0 Å². The molecule has 0 saturated heterocycles. The fourth-order valence-corrected chi connectivity index (χ4v) is 2.62. The standard InChI is InChI=1S/C16H20N4O2S/c1-4-14(21)20-12-7-5-11(6-8-12)10(2)19-15(22)13-9-18-16(17-3)23-13/h5-10H,4H2,1-3H3,(H,17,18)(H,19,22)(H,20,21)/t10-/m0/s1. The monoisotopic (exact) mass is 332 g/mol. The second-order valence-electron chi connectivity index (χ2n) is 5.00. The molecule has 1 aromatic carbocycles. The Morgan fingerprint density at radius 1 is 1.26 bits per heavy atom. The predicted octanol–water partition coefficient (Wildman–Crippen LogP) is 3.02. The normalized spacial score (nSPS) is 11.6. The first-order chi connectivity index (χ1) is 11.0. The van der Waals surface area contributed by atoms with Gasteiger partial charge in [0.05, 0.1) is 12.2 Å². The Balaban J connectivity index is 1.98. The molecule has 3 N–H and O–H groups in total. The highest BCUT2D eigenvalue weighted by Crippen LogP contribution is 2.20. The van der Waals surface area contributed by atoms with Gasteiger partial charge in [0.2, 0.25) is 5.91 Å². The van der Waals surface area contributed by atoms with Crippen molar-refractivity contribution >= 4 is 34.0 Å². The lowest BCUT2D eigenvalue weighted by molar-refractivity contribution is -0.115. The lowest BCUT2D eigenvalue weighted by Gasteiger charge is -2.14. The lowest BCUT2D eigenvalue weighted by atomic mass is 10.1. The maximum absolute atomic E-state index is 12.2. The molecule has 0 spiro atoms. The molecule has 122 valence electrons. The van der Waals surface area contributed by atoms with Gasteiger partial charge in [-0.05, 0) is 24.6 Å². The van der Waals surface area contributed by atoms with Gasteiger partial charge < -0.3 is 16.0 Å². The van der Waals surface area contributed by atoms with E-state index in [2.05, 4.69) is 20.9 Å². The Kier molecular flexibility index (Phi) is 5.70. The van der Waals surface area contributed by atoms with E-state index in [1.54, 1.807) is 20.2 Å². The van der Waals surface area contributed by atoms with Crippen molar-refractivity contribution in [3.63, 3.8) is 0 Å². The fourth-order valence-electron chi connectivity index (χ4n) is 1.95. The Morgan fingerprint density at radius 3 is 2.52 bits per heavy atom. The van der Waals surface area contributed by atoms with E-state index in [0.717, 1.165) is 11.3 Å². The number of anilines is 2. The van der Waals surface area contributed by atoms with Crippen LogP contribution >= 0.6 is 11.3 Å². The van der Waals surface area contributed by atoms with Gasteiger partial charge in [-0.25, -0.2) is 4.98 Å². The van der Waals surface area contributed by atoms with Gasteiger partial charge in [-0.2, -0.15) is 0 Å². The summed E-state index contributed by atoms with van der Waals surface area (Å²) in [6.07, 6.45) is 2.00. The summed E-state index contributed by atoms with van der Waals surface area (Å²) in [4.78, 5) is 28.2. The molecule has 2 rings (SSSR count). The van der Waals surface area contributed by atoms with Crippen LogP contribution in [0.4, 0.5) is 10.8 Å². The Bertz CT molecular complexity index is 682. The van der Waals surface area contributed by atoms with Crippen LogP contribution in [0, 0.1) is 0 Å². The summed E-state index contributed by atoms with van der Waals surface area (Å²) in [5.74, 6) is -0.176. The van der Waals surface area contributed by atoms with Gasteiger partial charge >= 0.3 is 0 Å². The molecule has 1 heterocycles. The minimum Gasteiger partial charge on any atom is -0.365 e. The van der Waals surface area contributed by atoms with E-state index in [-0.39, 0.29) is 17.9 Å². The second kappa shape index (κ2) is 7.73. The first kappa shape index (κ1) is 17.0. The summed E-state index contributed by atoms with van der Waals surface area (Å²) in [5, 5.41) is 9.35. The summed E-state index contributed by atoms with van der Waals surface area (Å²) >= 11 is 1.31. The molecule has 0 unspecified atom stereocenters. The van der Waals surface area contributed by atoms with Gasteiger partial charge in [0.25, 0.3) is 5.91 Å². The Morgan fingerprint density at radius 2 is 1.96 bits per heavy atom. The molecule has 23 heavy (non-hydrogen) atoms. The second-order valence-corrected chi connectivity index (χ2v) is 6.03. The number of rotatable bonds is 6. The van der Waals surface area contributed by atoms with E-state index in [1.165, 1.54) is 11.3 Å². The highest BCUT2D eigenvalue weighted by molar-refractivity contribution is 7.17. The van der Waals surface area contributed by atoms with Gasteiger partial charge in [0, 0.05) is 19.2 Å². The van der Waals surface area contributed by atoms with Gasteiger partial charge in [0.15, 0.2) is 5.13 Å². The maximum atomic E-state index is 12.2. The Hall–Kier alpha value is -2.41. The minimum atomic E-state index is -0.153. The summed E-state index contributed by atoms with van der Waals surface area (Å²) in [6, 6.07) is 7.30. The van der Waals surface area contributed by atoms with Crippen molar-refractivity contribution in [2.45, 2.75) is 26.3 Å². The summed E-state index contributed by atoms with van der Waals surface area (Å²) in [7, 11) is 1.77. The van der Waals surface area contributed by atoms with Crippen molar-refractivity contribution in [3.05, 3.63) is 40.9 Å². The highest BCUT2D eigenvalue weighted by atomic mass is 32.1. The van der Waals surface area contributed by atoms with Crippen LogP contribution in [0.1, 0.15) is 41.5 Å². The largest absolute Gasteiger partial charge is 0.365 e. The molecule has 0 bridgehead atoms. The summed E-state index contributed by atoms with van der Waals surface area (Å²) in [5.41, 5.74) is 1.71. The smallest absolute Gasteiger partial charge is 0.263 e. The van der Waals surface area contributed by atoms with E-state index in [4.69, 9.17) is 0 Å². The lowest BCUT2D eigenvalue weighted by Crippen LogP contribution is -2.25. The molecule has 7 heteroatoms. The zero-order chi connectivity index (χ0) is 16.8. The van der Waals surface area contributed by atoms with E-state index in [1.807, 2.05) is 31.2 Å². The van der Waals surface area contributed by atoms with Crippen molar-refractivity contribution in [1.29, 1.82) is 0 Å². The van der Waals surface area contributed by atoms with Crippen LogP contribution in [0.2, 0.25) is 0 Å². The van der Waals surface area contributed by atoms with Crippen molar-refractivity contribution in [1.82, 2.24) is 10.3 Å². The average molecular weight is 332 g/mol. The average Bonchev–Trinajstić information content (AvgIpc) is 3.04. The number of aromatic nitrogens is 1. The molecule has 1 aromatic heterocycles. The number of carbonyl (C=O) groups is 2. The van der Waals surface area contributed by atoms with E-state index >= 15 is 0 Å². The van der Waals surface area contributed by atoms with Crippen LogP contribution in [0.5, 0.6) is 0 Å². The van der Waals surface area contributed by atoms with Crippen LogP contribution in [-0.4, -0.2) is 23.8 Å². The molecule has 0 aliphatic rings. The zero-order valence-electron chi connectivity index (χ0n) is 13.3. The number of nitrogens with zero attached hydrogens (tertiary/aromatic N) is 1. The molecule has 2 amide bonds. The van der Waals surface area contributed by atoms with Crippen LogP contribution in [0.15, 0.2) is 30.5 Å². The van der Waals surface area contributed by atoms with E-state index < -0.39 is 0 Å². The molecule has 2 aromatic rings. The van der Waals surface area contributed by atoms with Crippen molar-refractivity contribution in [2.75, 3.05) is 17.7 Å². The molecule has 0 aliphatic heterocycles.